The fourth-order valence-electron chi connectivity index (χ4n) is 2.33. The molecule has 0 unspecified atom stereocenters. The Morgan fingerprint density at radius 2 is 1.90 bits per heavy atom. The van der Waals surface area contributed by atoms with E-state index < -0.39 is 11.6 Å². The van der Waals surface area contributed by atoms with Gasteiger partial charge in [0.15, 0.2) is 0 Å². The lowest BCUT2D eigenvalue weighted by Gasteiger charge is -2.12. The van der Waals surface area contributed by atoms with Crippen LogP contribution in [-0.4, -0.2) is 9.78 Å². The van der Waals surface area contributed by atoms with Crippen molar-refractivity contribution in [2.75, 3.05) is 0 Å². The minimum atomic E-state index is -0.555. The van der Waals surface area contributed by atoms with Crippen molar-refractivity contribution in [2.24, 2.45) is 0 Å². The van der Waals surface area contributed by atoms with E-state index in [2.05, 4.69) is 24.3 Å². The first-order valence-electron chi connectivity index (χ1n) is 7.32. The Morgan fingerprint density at radius 3 is 2.57 bits per heavy atom. The van der Waals surface area contributed by atoms with E-state index in [9.17, 15) is 8.78 Å². The monoisotopic (exact) mass is 293 g/mol. The number of hydrogen-bond acceptors (Lipinski definition) is 2. The summed E-state index contributed by atoms with van der Waals surface area (Å²) in [4.78, 5) is 0. The van der Waals surface area contributed by atoms with E-state index in [1.807, 2.05) is 16.9 Å². The summed E-state index contributed by atoms with van der Waals surface area (Å²) in [5.41, 5.74) is 1.38. The fourth-order valence-corrected chi connectivity index (χ4v) is 2.33. The Labute approximate surface area is 124 Å². The molecule has 5 heteroatoms. The van der Waals surface area contributed by atoms with Crippen LogP contribution >= 0.6 is 0 Å². The Bertz CT molecular complexity index is 577. The molecule has 0 aliphatic carbocycles. The number of rotatable bonds is 7. The highest BCUT2D eigenvalue weighted by Gasteiger charge is 2.08. The van der Waals surface area contributed by atoms with E-state index in [0.717, 1.165) is 24.6 Å². The molecule has 3 nitrogen and oxygen atoms in total. The molecule has 1 heterocycles. The molecule has 0 aliphatic heterocycles. The molecule has 0 fully saturated rings. The molecule has 0 saturated heterocycles. The molecule has 0 spiro atoms. The lowest BCUT2D eigenvalue weighted by Crippen LogP contribution is -2.15. The minimum absolute atomic E-state index is 0.351. The highest BCUT2D eigenvalue weighted by Crippen LogP contribution is 2.14. The van der Waals surface area contributed by atoms with Gasteiger partial charge in [-0.1, -0.05) is 19.9 Å². The second kappa shape index (κ2) is 7.31. The van der Waals surface area contributed by atoms with Crippen molar-refractivity contribution in [1.82, 2.24) is 15.1 Å². The van der Waals surface area contributed by atoms with Gasteiger partial charge in [-0.05, 0) is 25.0 Å². The normalized spacial score (nSPS) is 11.3. The van der Waals surface area contributed by atoms with Gasteiger partial charge in [0.2, 0.25) is 0 Å². The predicted octanol–water partition coefficient (Wildman–Crippen LogP) is 3.81. The average molecular weight is 293 g/mol. The van der Waals surface area contributed by atoms with Crippen LogP contribution in [0.4, 0.5) is 8.78 Å². The number of nitrogens with one attached hydrogen (secondary N) is 1. The summed E-state index contributed by atoms with van der Waals surface area (Å²) in [6, 6.07) is 6.02. The molecule has 0 atom stereocenters. The summed E-state index contributed by atoms with van der Waals surface area (Å²) in [5.74, 6) is -1.08. The molecule has 0 amide bonds. The third kappa shape index (κ3) is 4.11. The van der Waals surface area contributed by atoms with Crippen LogP contribution in [0.5, 0.6) is 0 Å². The number of nitrogens with zero attached hydrogens (tertiary/aromatic N) is 2. The van der Waals surface area contributed by atoms with Crippen molar-refractivity contribution in [3.63, 3.8) is 0 Å². The van der Waals surface area contributed by atoms with E-state index in [-0.39, 0.29) is 0 Å². The van der Waals surface area contributed by atoms with Crippen LogP contribution in [0.2, 0.25) is 0 Å². The molecular weight excluding hydrogens is 272 g/mol. The minimum Gasteiger partial charge on any atom is -0.307 e. The van der Waals surface area contributed by atoms with Crippen molar-refractivity contribution in [1.29, 1.82) is 0 Å². The number of halogens is 2. The smallest absolute Gasteiger partial charge is 0.130 e. The molecule has 0 saturated carbocycles. The maximum atomic E-state index is 13.5. The first kappa shape index (κ1) is 15.6. The SMILES string of the molecule is CCC(CC)n1ccc(CNCc2ccc(F)cc2F)n1. The molecule has 0 bridgehead atoms. The molecular formula is C16H21F2N3. The molecule has 0 radical (unpaired) electrons. The van der Waals surface area contributed by atoms with Gasteiger partial charge in [0, 0.05) is 30.9 Å². The number of hydrogen-bond donors (Lipinski definition) is 1. The maximum Gasteiger partial charge on any atom is 0.130 e. The Morgan fingerprint density at radius 1 is 1.14 bits per heavy atom. The molecule has 1 aromatic heterocycles. The molecule has 1 aromatic carbocycles. The quantitative estimate of drug-likeness (QED) is 0.841. The van der Waals surface area contributed by atoms with Crippen LogP contribution in [0.1, 0.15) is 44.0 Å². The zero-order chi connectivity index (χ0) is 15.2. The van der Waals surface area contributed by atoms with Crippen LogP contribution in [0.25, 0.3) is 0 Å². The van der Waals surface area contributed by atoms with Gasteiger partial charge in [-0.15, -0.1) is 0 Å². The Hall–Kier alpha value is -1.75. The van der Waals surface area contributed by atoms with Gasteiger partial charge >= 0.3 is 0 Å². The van der Waals surface area contributed by atoms with Crippen LogP contribution < -0.4 is 5.32 Å². The summed E-state index contributed by atoms with van der Waals surface area (Å²) in [6.07, 6.45) is 4.07. The van der Waals surface area contributed by atoms with E-state index >= 15 is 0 Å². The van der Waals surface area contributed by atoms with Crippen molar-refractivity contribution in [3.05, 3.63) is 53.4 Å². The van der Waals surface area contributed by atoms with Crippen LogP contribution in [0.15, 0.2) is 30.5 Å². The second-order valence-corrected chi connectivity index (χ2v) is 5.10. The zero-order valence-electron chi connectivity index (χ0n) is 12.4. The van der Waals surface area contributed by atoms with Crippen molar-refractivity contribution >= 4 is 0 Å². The summed E-state index contributed by atoms with van der Waals surface area (Å²) >= 11 is 0. The highest BCUT2D eigenvalue weighted by molar-refractivity contribution is 5.18. The first-order chi connectivity index (χ1) is 10.1. The Balaban J connectivity index is 1.89. The van der Waals surface area contributed by atoms with Gasteiger partial charge in [0.25, 0.3) is 0 Å². The van der Waals surface area contributed by atoms with E-state index in [0.29, 0.717) is 24.7 Å². The molecule has 1 N–H and O–H groups in total. The molecule has 2 rings (SSSR count). The van der Waals surface area contributed by atoms with Gasteiger partial charge in [-0.25, -0.2) is 8.78 Å². The van der Waals surface area contributed by atoms with Crippen molar-refractivity contribution < 1.29 is 8.78 Å². The lowest BCUT2D eigenvalue weighted by atomic mass is 10.2. The summed E-state index contributed by atoms with van der Waals surface area (Å²) < 4.78 is 28.3. The van der Waals surface area contributed by atoms with E-state index in [1.165, 1.54) is 12.1 Å². The van der Waals surface area contributed by atoms with Gasteiger partial charge in [0.05, 0.1) is 11.7 Å². The molecule has 21 heavy (non-hydrogen) atoms. The first-order valence-corrected chi connectivity index (χ1v) is 7.32. The van der Waals surface area contributed by atoms with Crippen LogP contribution in [0.3, 0.4) is 0 Å². The number of aromatic nitrogens is 2. The van der Waals surface area contributed by atoms with Gasteiger partial charge in [-0.3, -0.25) is 4.68 Å². The topological polar surface area (TPSA) is 29.9 Å². The van der Waals surface area contributed by atoms with Gasteiger partial charge in [0.1, 0.15) is 11.6 Å². The van der Waals surface area contributed by atoms with Crippen molar-refractivity contribution in [2.45, 2.75) is 45.8 Å². The van der Waals surface area contributed by atoms with Gasteiger partial charge in [-0.2, -0.15) is 5.10 Å². The third-order valence-electron chi connectivity index (χ3n) is 3.62. The Kier molecular flexibility index (Phi) is 5.44. The lowest BCUT2D eigenvalue weighted by molar-refractivity contribution is 0.424. The largest absolute Gasteiger partial charge is 0.307 e. The van der Waals surface area contributed by atoms with E-state index in [4.69, 9.17) is 0 Å². The standard InChI is InChI=1S/C16H21F2N3/c1-3-15(4-2)21-8-7-14(20-21)11-19-10-12-5-6-13(17)9-16(12)18/h5-9,15,19H,3-4,10-11H2,1-2H3. The summed E-state index contributed by atoms with van der Waals surface area (Å²) in [5, 5.41) is 7.65. The van der Waals surface area contributed by atoms with Crippen LogP contribution in [-0.2, 0) is 13.1 Å². The number of benzene rings is 1. The summed E-state index contributed by atoms with van der Waals surface area (Å²) in [6.45, 7) is 5.20. The van der Waals surface area contributed by atoms with Gasteiger partial charge < -0.3 is 5.32 Å². The third-order valence-corrected chi connectivity index (χ3v) is 3.62. The molecule has 2 aromatic rings. The average Bonchev–Trinajstić information content (AvgIpc) is 2.91. The molecule has 0 aliphatic rings. The van der Waals surface area contributed by atoms with Crippen molar-refractivity contribution in [3.8, 4) is 0 Å². The van der Waals surface area contributed by atoms with Crippen LogP contribution in [0, 0.1) is 11.6 Å². The highest BCUT2D eigenvalue weighted by atomic mass is 19.1. The van der Waals surface area contributed by atoms with E-state index in [1.54, 1.807) is 0 Å². The maximum absolute atomic E-state index is 13.5. The zero-order valence-corrected chi connectivity index (χ0v) is 12.4. The second-order valence-electron chi connectivity index (χ2n) is 5.10. The fraction of sp³-hybridized carbons (Fsp3) is 0.438. The summed E-state index contributed by atoms with van der Waals surface area (Å²) in [7, 11) is 0. The molecule has 114 valence electrons. The predicted molar refractivity (Wildman–Crippen MR) is 78.7 cm³/mol.